The van der Waals surface area contributed by atoms with E-state index >= 15 is 0 Å². The van der Waals surface area contributed by atoms with E-state index < -0.39 is 0 Å². The molecule has 0 bridgehead atoms. The lowest BCUT2D eigenvalue weighted by Crippen LogP contribution is -2.44. The number of hydrogen-bond acceptors (Lipinski definition) is 2. The Morgan fingerprint density at radius 3 is 2.12 bits per heavy atom. The van der Waals surface area contributed by atoms with Crippen LogP contribution in [0.1, 0.15) is 40.5 Å². The number of hydrogen-bond donors (Lipinski definition) is 1. The first-order valence-corrected chi connectivity index (χ1v) is 5.99. The fraction of sp³-hybridized carbons (Fsp3) is 0.917. The van der Waals surface area contributed by atoms with E-state index in [1.165, 1.54) is 12.8 Å². The van der Waals surface area contributed by atoms with Gasteiger partial charge in [0.25, 0.3) is 0 Å². The van der Waals surface area contributed by atoms with Gasteiger partial charge in [0, 0.05) is 18.6 Å². The maximum absolute atomic E-state index is 12.1. The van der Waals surface area contributed by atoms with E-state index in [0.29, 0.717) is 12.0 Å². The van der Waals surface area contributed by atoms with Gasteiger partial charge in [0.1, 0.15) is 0 Å². The average molecular weight is 249 g/mol. The highest BCUT2D eigenvalue weighted by Gasteiger charge is 2.35. The summed E-state index contributed by atoms with van der Waals surface area (Å²) in [6.07, 6.45) is 2.34. The summed E-state index contributed by atoms with van der Waals surface area (Å²) in [6, 6.07) is 0.451. The zero-order valence-electron chi connectivity index (χ0n) is 10.8. The van der Waals surface area contributed by atoms with E-state index in [2.05, 4.69) is 13.8 Å². The number of nitrogens with zero attached hydrogens (tertiary/aromatic N) is 1. The van der Waals surface area contributed by atoms with Gasteiger partial charge in [-0.3, -0.25) is 4.79 Å². The van der Waals surface area contributed by atoms with Crippen LogP contribution in [0.15, 0.2) is 0 Å². The molecule has 0 saturated heterocycles. The van der Waals surface area contributed by atoms with Crippen LogP contribution in [0, 0.1) is 11.8 Å². The van der Waals surface area contributed by atoms with Crippen molar-refractivity contribution in [3.63, 3.8) is 0 Å². The molecule has 2 N–H and O–H groups in total. The molecule has 0 aromatic carbocycles. The third-order valence-corrected chi connectivity index (χ3v) is 3.01. The molecule has 1 saturated carbocycles. The topological polar surface area (TPSA) is 46.3 Å². The summed E-state index contributed by atoms with van der Waals surface area (Å²) in [6.45, 7) is 9.02. The zero-order chi connectivity index (χ0) is 11.6. The SMILES string of the molecule is CC(C)CN(C(=O)C(C)C(C)N)C1CC1.Cl. The van der Waals surface area contributed by atoms with Crippen molar-refractivity contribution in [2.45, 2.75) is 52.6 Å². The molecule has 4 heteroatoms. The van der Waals surface area contributed by atoms with Crippen LogP contribution in [0.25, 0.3) is 0 Å². The van der Waals surface area contributed by atoms with Gasteiger partial charge in [0.05, 0.1) is 5.92 Å². The molecule has 1 aliphatic rings. The van der Waals surface area contributed by atoms with Crippen LogP contribution in [0.4, 0.5) is 0 Å². The zero-order valence-corrected chi connectivity index (χ0v) is 11.6. The van der Waals surface area contributed by atoms with Crippen molar-refractivity contribution in [1.29, 1.82) is 0 Å². The summed E-state index contributed by atoms with van der Waals surface area (Å²) < 4.78 is 0. The molecule has 3 nitrogen and oxygen atoms in total. The summed E-state index contributed by atoms with van der Waals surface area (Å²) in [5.41, 5.74) is 5.78. The minimum atomic E-state index is -0.0515. The molecule has 0 heterocycles. The number of rotatable bonds is 5. The van der Waals surface area contributed by atoms with Crippen LogP contribution in [-0.4, -0.2) is 29.4 Å². The highest BCUT2D eigenvalue weighted by atomic mass is 35.5. The van der Waals surface area contributed by atoms with Crippen LogP contribution < -0.4 is 5.73 Å². The van der Waals surface area contributed by atoms with Crippen LogP contribution in [0.3, 0.4) is 0 Å². The van der Waals surface area contributed by atoms with Crippen molar-refractivity contribution in [2.24, 2.45) is 17.6 Å². The van der Waals surface area contributed by atoms with Crippen LogP contribution in [0.2, 0.25) is 0 Å². The lowest BCUT2D eigenvalue weighted by molar-refractivity contribution is -0.136. The molecule has 96 valence electrons. The maximum Gasteiger partial charge on any atom is 0.227 e. The summed E-state index contributed by atoms with van der Waals surface area (Å²) in [5, 5.41) is 0. The Labute approximate surface area is 105 Å². The first-order valence-electron chi connectivity index (χ1n) is 5.99. The second-order valence-corrected chi connectivity index (χ2v) is 5.26. The van der Waals surface area contributed by atoms with Crippen molar-refractivity contribution in [3.05, 3.63) is 0 Å². The van der Waals surface area contributed by atoms with E-state index in [-0.39, 0.29) is 30.3 Å². The Balaban J connectivity index is 0.00000225. The molecule has 0 spiro atoms. The van der Waals surface area contributed by atoms with E-state index in [0.717, 1.165) is 6.54 Å². The number of carbonyl (C=O) groups is 1. The lowest BCUT2D eigenvalue weighted by atomic mass is 10.0. The van der Waals surface area contributed by atoms with E-state index in [9.17, 15) is 4.79 Å². The van der Waals surface area contributed by atoms with E-state index in [4.69, 9.17) is 5.73 Å². The summed E-state index contributed by atoms with van der Waals surface area (Å²) in [5.74, 6) is 0.723. The van der Waals surface area contributed by atoms with Gasteiger partial charge in [-0.25, -0.2) is 0 Å². The largest absolute Gasteiger partial charge is 0.339 e. The molecule has 2 unspecified atom stereocenters. The molecule has 0 aromatic rings. The summed E-state index contributed by atoms with van der Waals surface area (Å²) in [4.78, 5) is 14.2. The Hall–Kier alpha value is -0.280. The molecule has 0 radical (unpaired) electrons. The normalized spacial score (nSPS) is 18.9. The second-order valence-electron chi connectivity index (χ2n) is 5.26. The molecule has 1 amide bonds. The van der Waals surface area contributed by atoms with Gasteiger partial charge in [-0.2, -0.15) is 0 Å². The molecule has 2 atom stereocenters. The van der Waals surface area contributed by atoms with Gasteiger partial charge in [-0.1, -0.05) is 20.8 Å². The fourth-order valence-electron chi connectivity index (χ4n) is 1.69. The standard InChI is InChI=1S/C12H24N2O.ClH/c1-8(2)7-14(11-5-6-11)12(15)9(3)10(4)13;/h8-11H,5-7,13H2,1-4H3;1H. The summed E-state index contributed by atoms with van der Waals surface area (Å²) >= 11 is 0. The van der Waals surface area contributed by atoms with Gasteiger partial charge in [-0.05, 0) is 25.7 Å². The third kappa shape index (κ3) is 4.30. The number of nitrogens with two attached hydrogens (primary N) is 1. The molecule has 0 aliphatic heterocycles. The van der Waals surface area contributed by atoms with Crippen molar-refractivity contribution in [1.82, 2.24) is 4.90 Å². The first-order chi connectivity index (χ1) is 6.93. The molecular formula is C12H25ClN2O. The van der Waals surface area contributed by atoms with E-state index in [1.54, 1.807) is 0 Å². The maximum atomic E-state index is 12.1. The van der Waals surface area contributed by atoms with Gasteiger partial charge < -0.3 is 10.6 Å². The molecular weight excluding hydrogens is 224 g/mol. The second kappa shape index (κ2) is 6.45. The minimum Gasteiger partial charge on any atom is -0.339 e. The van der Waals surface area contributed by atoms with Crippen molar-refractivity contribution in [2.75, 3.05) is 6.54 Å². The fourth-order valence-corrected chi connectivity index (χ4v) is 1.69. The van der Waals surface area contributed by atoms with Gasteiger partial charge in [0.2, 0.25) is 5.91 Å². The molecule has 1 aliphatic carbocycles. The Bertz CT molecular complexity index is 227. The van der Waals surface area contributed by atoms with Gasteiger partial charge in [0.15, 0.2) is 0 Å². The Kier molecular flexibility index (Phi) is 6.34. The lowest BCUT2D eigenvalue weighted by Gasteiger charge is -2.28. The van der Waals surface area contributed by atoms with E-state index in [1.807, 2.05) is 18.7 Å². The summed E-state index contributed by atoms with van der Waals surface area (Å²) in [7, 11) is 0. The smallest absolute Gasteiger partial charge is 0.227 e. The predicted molar refractivity (Wildman–Crippen MR) is 69.6 cm³/mol. The molecule has 1 rings (SSSR count). The average Bonchev–Trinajstić information content (AvgIpc) is 2.94. The number of carbonyl (C=O) groups excluding carboxylic acids is 1. The van der Waals surface area contributed by atoms with Crippen LogP contribution in [-0.2, 0) is 4.79 Å². The first kappa shape index (κ1) is 15.7. The van der Waals surface area contributed by atoms with Gasteiger partial charge in [-0.15, -0.1) is 12.4 Å². The Morgan fingerprint density at radius 2 is 1.81 bits per heavy atom. The molecule has 1 fully saturated rings. The number of halogens is 1. The molecule has 16 heavy (non-hydrogen) atoms. The highest BCUT2D eigenvalue weighted by Crippen LogP contribution is 2.29. The van der Waals surface area contributed by atoms with Crippen molar-refractivity contribution >= 4 is 18.3 Å². The Morgan fingerprint density at radius 1 is 1.31 bits per heavy atom. The van der Waals surface area contributed by atoms with Crippen LogP contribution in [0.5, 0.6) is 0 Å². The van der Waals surface area contributed by atoms with Crippen molar-refractivity contribution < 1.29 is 4.79 Å². The van der Waals surface area contributed by atoms with Gasteiger partial charge >= 0.3 is 0 Å². The van der Waals surface area contributed by atoms with Crippen LogP contribution >= 0.6 is 12.4 Å². The monoisotopic (exact) mass is 248 g/mol. The minimum absolute atomic E-state index is 0. The molecule has 0 aromatic heterocycles. The number of amides is 1. The predicted octanol–water partition coefficient (Wildman–Crippen LogP) is 2.04. The quantitative estimate of drug-likeness (QED) is 0.810. The highest BCUT2D eigenvalue weighted by molar-refractivity contribution is 5.85. The third-order valence-electron chi connectivity index (χ3n) is 3.01. The van der Waals surface area contributed by atoms with Crippen molar-refractivity contribution in [3.8, 4) is 0 Å².